The maximum Gasteiger partial charge on any atom is 0.271 e. The molecule has 27 heavy (non-hydrogen) atoms. The van der Waals surface area contributed by atoms with Crippen LogP contribution < -0.4 is 5.32 Å². The van der Waals surface area contributed by atoms with Crippen LogP contribution in [-0.2, 0) is 0 Å². The van der Waals surface area contributed by atoms with Crippen LogP contribution in [0.2, 0.25) is 0 Å². The summed E-state index contributed by atoms with van der Waals surface area (Å²) in [7, 11) is 0. The van der Waals surface area contributed by atoms with Gasteiger partial charge in [-0.25, -0.2) is 4.98 Å². The van der Waals surface area contributed by atoms with Crippen LogP contribution in [0.15, 0.2) is 0 Å². The number of carbonyl (C=O) groups excluding carboxylic acids is 1. The van der Waals surface area contributed by atoms with Gasteiger partial charge in [0.25, 0.3) is 5.91 Å². The number of aromatic nitrogens is 2. The lowest BCUT2D eigenvalue weighted by Crippen LogP contribution is -2.32. The Labute approximate surface area is 163 Å². The number of rotatable bonds is 4. The van der Waals surface area contributed by atoms with Crippen molar-refractivity contribution in [3.05, 3.63) is 17.2 Å². The molecule has 0 bridgehead atoms. The van der Waals surface area contributed by atoms with E-state index in [2.05, 4.69) is 42.6 Å². The average Bonchev–Trinajstić information content (AvgIpc) is 3.47. The number of amides is 1. The molecular formula is C23H35N3O. The zero-order chi connectivity index (χ0) is 19.0. The van der Waals surface area contributed by atoms with Gasteiger partial charge in [-0.15, -0.1) is 0 Å². The fourth-order valence-corrected chi connectivity index (χ4v) is 7.53. The van der Waals surface area contributed by atoms with Crippen molar-refractivity contribution in [3.63, 3.8) is 0 Å². The lowest BCUT2D eigenvalue weighted by atomic mass is 9.89. The predicted molar refractivity (Wildman–Crippen MR) is 107 cm³/mol. The summed E-state index contributed by atoms with van der Waals surface area (Å²) < 4.78 is 2.34. The number of hydrogen-bond acceptors (Lipinski definition) is 2. The summed E-state index contributed by atoms with van der Waals surface area (Å²) >= 11 is 0. The molecule has 4 aliphatic rings. The first-order chi connectivity index (χ1) is 12.9. The standard InChI is InChI=1S/C23H35N3O/c1-14-20(25-15(2)26(14)17-8-6-5-7-9-17)21(27)24-13-16-10-11-19-22(3,4)23(19)12-18(16)23/h16-19H,5-13H2,1-4H3,(H,24,27). The van der Waals surface area contributed by atoms with Crippen LogP contribution in [0.5, 0.6) is 0 Å². The lowest BCUT2D eigenvalue weighted by molar-refractivity contribution is 0.0936. The van der Waals surface area contributed by atoms with Crippen molar-refractivity contribution in [2.75, 3.05) is 6.54 Å². The Morgan fingerprint density at radius 3 is 2.63 bits per heavy atom. The molecule has 0 radical (unpaired) electrons. The predicted octanol–water partition coefficient (Wildman–Crippen LogP) is 4.81. The fraction of sp³-hybridized carbons (Fsp3) is 0.826. The maximum atomic E-state index is 12.9. The van der Waals surface area contributed by atoms with Crippen LogP contribution in [-0.4, -0.2) is 22.0 Å². The molecule has 1 aromatic rings. The summed E-state index contributed by atoms with van der Waals surface area (Å²) in [4.78, 5) is 17.6. The Morgan fingerprint density at radius 1 is 1.15 bits per heavy atom. The molecule has 1 aromatic heterocycles. The Hall–Kier alpha value is -1.32. The van der Waals surface area contributed by atoms with Crippen molar-refractivity contribution in [1.82, 2.24) is 14.9 Å². The number of carbonyl (C=O) groups is 1. The highest BCUT2D eigenvalue weighted by Crippen LogP contribution is 2.89. The van der Waals surface area contributed by atoms with Gasteiger partial charge in [0.15, 0.2) is 0 Å². The van der Waals surface area contributed by atoms with E-state index in [4.69, 9.17) is 0 Å². The largest absolute Gasteiger partial charge is 0.350 e. The van der Waals surface area contributed by atoms with Crippen LogP contribution in [0.4, 0.5) is 0 Å². The summed E-state index contributed by atoms with van der Waals surface area (Å²) in [5.74, 6) is 3.53. The van der Waals surface area contributed by atoms with Gasteiger partial charge in [-0.2, -0.15) is 0 Å². The van der Waals surface area contributed by atoms with E-state index < -0.39 is 0 Å². The summed E-state index contributed by atoms with van der Waals surface area (Å²) in [5, 5.41) is 3.26. The highest BCUT2D eigenvalue weighted by molar-refractivity contribution is 5.93. The number of hydrogen-bond donors (Lipinski definition) is 1. The van der Waals surface area contributed by atoms with E-state index in [0.29, 0.717) is 28.5 Å². The molecule has 0 aliphatic heterocycles. The number of nitrogens with zero attached hydrogens (tertiary/aromatic N) is 2. The van der Waals surface area contributed by atoms with Gasteiger partial charge in [0, 0.05) is 18.3 Å². The second-order valence-electron chi connectivity index (χ2n) is 10.4. The van der Waals surface area contributed by atoms with Crippen LogP contribution in [0.3, 0.4) is 0 Å². The van der Waals surface area contributed by atoms with E-state index in [1.165, 1.54) is 51.4 Å². The van der Waals surface area contributed by atoms with Gasteiger partial charge in [0.05, 0.1) is 0 Å². The van der Waals surface area contributed by atoms with Gasteiger partial charge >= 0.3 is 0 Å². The maximum absolute atomic E-state index is 12.9. The highest BCUT2D eigenvalue weighted by atomic mass is 16.1. The molecule has 1 heterocycles. The second-order valence-corrected chi connectivity index (χ2v) is 10.4. The molecule has 1 amide bonds. The molecule has 4 nitrogen and oxygen atoms in total. The van der Waals surface area contributed by atoms with E-state index in [0.717, 1.165) is 29.9 Å². The van der Waals surface area contributed by atoms with E-state index in [1.54, 1.807) is 0 Å². The summed E-state index contributed by atoms with van der Waals surface area (Å²) in [6.07, 6.45) is 10.4. The van der Waals surface area contributed by atoms with Crippen molar-refractivity contribution in [1.29, 1.82) is 0 Å². The molecule has 0 aromatic carbocycles. The third-order valence-corrected chi connectivity index (χ3v) is 9.07. The number of imidazole rings is 1. The van der Waals surface area contributed by atoms with Crippen molar-refractivity contribution < 1.29 is 4.79 Å². The highest BCUT2D eigenvalue weighted by Gasteiger charge is 2.84. The molecule has 4 heteroatoms. The van der Waals surface area contributed by atoms with E-state index in [-0.39, 0.29) is 5.91 Å². The van der Waals surface area contributed by atoms with Crippen LogP contribution >= 0.6 is 0 Å². The summed E-state index contributed by atoms with van der Waals surface area (Å²) in [6.45, 7) is 9.90. The lowest BCUT2D eigenvalue weighted by Gasteiger charge is -2.25. The minimum Gasteiger partial charge on any atom is -0.350 e. The first kappa shape index (κ1) is 17.8. The number of nitrogens with one attached hydrogen (secondary N) is 1. The van der Waals surface area contributed by atoms with Gasteiger partial charge in [-0.05, 0) is 74.5 Å². The Bertz CT molecular complexity index is 773. The van der Waals surface area contributed by atoms with Gasteiger partial charge < -0.3 is 9.88 Å². The molecule has 4 aliphatic carbocycles. The minimum atomic E-state index is 0.0389. The molecule has 4 fully saturated rings. The van der Waals surface area contributed by atoms with Gasteiger partial charge in [-0.3, -0.25) is 4.79 Å². The third-order valence-electron chi connectivity index (χ3n) is 9.07. The zero-order valence-corrected chi connectivity index (χ0v) is 17.5. The molecule has 1 spiro atoms. The molecular weight excluding hydrogens is 334 g/mol. The van der Waals surface area contributed by atoms with Gasteiger partial charge in [0.2, 0.25) is 0 Å². The Kier molecular flexibility index (Phi) is 3.84. The summed E-state index contributed by atoms with van der Waals surface area (Å²) in [5.41, 5.74) is 2.93. The fourth-order valence-electron chi connectivity index (χ4n) is 7.53. The quantitative estimate of drug-likeness (QED) is 0.828. The normalized spacial score (nSPS) is 36.7. The topological polar surface area (TPSA) is 46.9 Å². The first-order valence-corrected chi connectivity index (χ1v) is 11.2. The average molecular weight is 370 g/mol. The molecule has 148 valence electrons. The van der Waals surface area contributed by atoms with E-state index in [9.17, 15) is 4.79 Å². The molecule has 4 saturated carbocycles. The molecule has 4 unspecified atom stereocenters. The SMILES string of the molecule is Cc1nc(C(=O)NCC2CCC3C(C)(C)C34CC24)c(C)n1C1CCCCC1. The second kappa shape index (κ2) is 5.84. The molecule has 0 saturated heterocycles. The van der Waals surface area contributed by atoms with Crippen molar-refractivity contribution in [2.45, 2.75) is 85.1 Å². The monoisotopic (exact) mass is 369 g/mol. The van der Waals surface area contributed by atoms with Crippen LogP contribution in [0.1, 0.15) is 93.3 Å². The zero-order valence-electron chi connectivity index (χ0n) is 17.5. The van der Waals surface area contributed by atoms with Crippen LogP contribution in [0, 0.1) is 42.4 Å². The first-order valence-electron chi connectivity index (χ1n) is 11.2. The van der Waals surface area contributed by atoms with Gasteiger partial charge in [-0.1, -0.05) is 33.1 Å². The Balaban J connectivity index is 1.25. The number of aryl methyl sites for hydroxylation is 1. The van der Waals surface area contributed by atoms with Crippen molar-refractivity contribution in [3.8, 4) is 0 Å². The summed E-state index contributed by atoms with van der Waals surface area (Å²) in [6, 6.07) is 0.534. The Morgan fingerprint density at radius 2 is 1.89 bits per heavy atom. The van der Waals surface area contributed by atoms with Gasteiger partial charge in [0.1, 0.15) is 11.5 Å². The molecule has 4 atom stereocenters. The van der Waals surface area contributed by atoms with Crippen LogP contribution in [0.25, 0.3) is 0 Å². The minimum absolute atomic E-state index is 0.0389. The molecule has 5 rings (SSSR count). The third kappa shape index (κ3) is 2.40. The van der Waals surface area contributed by atoms with Crippen molar-refractivity contribution in [2.24, 2.45) is 28.6 Å². The van der Waals surface area contributed by atoms with E-state index >= 15 is 0 Å². The smallest absolute Gasteiger partial charge is 0.271 e. The van der Waals surface area contributed by atoms with Crippen molar-refractivity contribution >= 4 is 5.91 Å². The molecule has 1 N–H and O–H groups in total. The van der Waals surface area contributed by atoms with E-state index in [1.807, 2.05) is 0 Å².